The molecule has 240 valence electrons. The van der Waals surface area contributed by atoms with Crippen LogP contribution in [0.15, 0.2) is 80.1 Å². The van der Waals surface area contributed by atoms with Crippen molar-refractivity contribution in [1.82, 2.24) is 4.57 Å². The SMILES string of the molecule is CCCOc1c(OC)cccc1[C@@H]1C(C(=O)OCC)=C(C)N=c2s/c(=C/c3ccc(-c4cccc(C(=O)OC(C)C)c4)o3)c(=O)n21. The molecule has 2 aromatic heterocycles. The number of carbonyl (C=O) groups excluding carboxylic acids is 2. The van der Waals surface area contributed by atoms with Gasteiger partial charge in [0.15, 0.2) is 16.3 Å². The molecule has 0 fully saturated rings. The lowest BCUT2D eigenvalue weighted by molar-refractivity contribution is -0.139. The maximum Gasteiger partial charge on any atom is 0.338 e. The van der Waals surface area contributed by atoms with Crippen LogP contribution in [0.4, 0.5) is 0 Å². The summed E-state index contributed by atoms with van der Waals surface area (Å²) in [7, 11) is 1.54. The second-order valence-electron chi connectivity index (χ2n) is 10.8. The third-order valence-corrected chi connectivity index (χ3v) is 8.10. The third kappa shape index (κ3) is 6.55. The minimum absolute atomic E-state index is 0.159. The van der Waals surface area contributed by atoms with E-state index in [1.165, 1.54) is 15.9 Å². The number of furan rings is 1. The number of fused-ring (bicyclic) bond motifs is 1. The normalized spacial score (nSPS) is 14.6. The first-order chi connectivity index (χ1) is 22.2. The van der Waals surface area contributed by atoms with Gasteiger partial charge in [-0.15, -0.1) is 0 Å². The fraction of sp³-hybridized carbons (Fsp3) is 0.314. The lowest BCUT2D eigenvalue weighted by Crippen LogP contribution is -2.40. The quantitative estimate of drug-likeness (QED) is 0.199. The van der Waals surface area contributed by atoms with E-state index in [1.807, 2.05) is 19.1 Å². The molecule has 2 aromatic carbocycles. The van der Waals surface area contributed by atoms with Crippen molar-refractivity contribution in [3.63, 3.8) is 0 Å². The smallest absolute Gasteiger partial charge is 0.338 e. The zero-order chi connectivity index (χ0) is 33.0. The number of methoxy groups -OCH3 is 1. The highest BCUT2D eigenvalue weighted by atomic mass is 32.1. The number of nitrogens with zero attached hydrogens (tertiary/aromatic N) is 2. The van der Waals surface area contributed by atoms with Crippen molar-refractivity contribution in [2.24, 2.45) is 4.99 Å². The van der Waals surface area contributed by atoms with Gasteiger partial charge in [-0.3, -0.25) is 9.36 Å². The van der Waals surface area contributed by atoms with Crippen molar-refractivity contribution in [2.45, 2.75) is 53.2 Å². The van der Waals surface area contributed by atoms with E-state index in [1.54, 1.807) is 83.3 Å². The van der Waals surface area contributed by atoms with Crippen molar-refractivity contribution in [2.75, 3.05) is 20.3 Å². The fourth-order valence-corrected chi connectivity index (χ4v) is 6.18. The number of hydrogen-bond acceptors (Lipinski definition) is 10. The average Bonchev–Trinajstić information content (AvgIpc) is 3.63. The van der Waals surface area contributed by atoms with E-state index in [9.17, 15) is 14.4 Å². The largest absolute Gasteiger partial charge is 0.493 e. The number of benzene rings is 2. The van der Waals surface area contributed by atoms with Gasteiger partial charge in [-0.1, -0.05) is 42.5 Å². The molecule has 4 aromatic rings. The summed E-state index contributed by atoms with van der Waals surface area (Å²) in [5.41, 5.74) is 2.00. The topological polar surface area (TPSA) is 119 Å². The van der Waals surface area contributed by atoms with Crippen LogP contribution in [-0.2, 0) is 14.3 Å². The van der Waals surface area contributed by atoms with Gasteiger partial charge >= 0.3 is 11.9 Å². The summed E-state index contributed by atoms with van der Waals surface area (Å²) in [6.45, 7) is 9.60. The molecule has 0 N–H and O–H groups in total. The standard InChI is InChI=1S/C35H36N2O8S/c1-7-17-43-31-25(13-10-14-27(31)41-6)30-29(34(40)42-8-2)21(5)36-35-37(30)32(38)28(46-35)19-24-15-16-26(45-24)22-11-9-12-23(18-22)33(39)44-20(3)4/h9-16,18-20,30H,7-8,17H2,1-6H3/b28-19+/t30-/m1/s1. The number of aromatic nitrogens is 1. The molecule has 5 rings (SSSR count). The van der Waals surface area contributed by atoms with E-state index in [-0.39, 0.29) is 23.8 Å². The third-order valence-electron chi connectivity index (χ3n) is 7.12. The Balaban J connectivity index is 1.61. The summed E-state index contributed by atoms with van der Waals surface area (Å²) < 4.78 is 30.4. The number of carbonyl (C=O) groups is 2. The molecule has 10 nitrogen and oxygen atoms in total. The maximum atomic E-state index is 14.1. The Morgan fingerprint density at radius 3 is 2.59 bits per heavy atom. The van der Waals surface area contributed by atoms with Crippen LogP contribution >= 0.6 is 11.3 Å². The highest BCUT2D eigenvalue weighted by molar-refractivity contribution is 7.07. The van der Waals surface area contributed by atoms with Gasteiger partial charge in [0.2, 0.25) is 0 Å². The molecule has 0 aliphatic carbocycles. The Kier molecular flexibility index (Phi) is 9.91. The zero-order valence-corrected chi connectivity index (χ0v) is 27.4. The van der Waals surface area contributed by atoms with E-state index < -0.39 is 18.0 Å². The van der Waals surface area contributed by atoms with Crippen LogP contribution < -0.4 is 24.4 Å². The lowest BCUT2D eigenvalue weighted by Gasteiger charge is -2.27. The lowest BCUT2D eigenvalue weighted by atomic mass is 9.94. The Hall–Kier alpha value is -4.90. The molecule has 1 aliphatic rings. The molecule has 0 saturated carbocycles. The van der Waals surface area contributed by atoms with E-state index in [0.717, 1.165) is 6.42 Å². The fourth-order valence-electron chi connectivity index (χ4n) is 5.15. The summed E-state index contributed by atoms with van der Waals surface area (Å²) in [5.74, 6) is 0.888. The molecule has 46 heavy (non-hydrogen) atoms. The molecule has 0 spiro atoms. The monoisotopic (exact) mass is 644 g/mol. The van der Waals surface area contributed by atoms with Crippen molar-refractivity contribution in [3.05, 3.63) is 102 Å². The molecule has 0 saturated heterocycles. The van der Waals surface area contributed by atoms with Crippen LogP contribution in [0.1, 0.15) is 68.8 Å². The minimum atomic E-state index is -0.875. The molecule has 11 heteroatoms. The molecule has 3 heterocycles. The predicted octanol–water partition coefficient (Wildman–Crippen LogP) is 5.42. The van der Waals surface area contributed by atoms with Gasteiger partial charge < -0.3 is 23.4 Å². The molecule has 0 unspecified atom stereocenters. The van der Waals surface area contributed by atoms with Crippen LogP contribution in [0.3, 0.4) is 0 Å². The second-order valence-corrected chi connectivity index (χ2v) is 11.8. The van der Waals surface area contributed by atoms with Crippen LogP contribution in [0.5, 0.6) is 11.5 Å². The summed E-state index contributed by atoms with van der Waals surface area (Å²) in [5, 5.41) is 0. The first-order valence-electron chi connectivity index (χ1n) is 15.1. The second kappa shape index (κ2) is 14.0. The van der Waals surface area contributed by atoms with E-state index in [0.29, 0.717) is 61.3 Å². The minimum Gasteiger partial charge on any atom is -0.493 e. The highest BCUT2D eigenvalue weighted by Gasteiger charge is 2.36. The van der Waals surface area contributed by atoms with E-state index in [2.05, 4.69) is 4.99 Å². The molecule has 0 bridgehead atoms. The number of hydrogen-bond donors (Lipinski definition) is 0. The van der Waals surface area contributed by atoms with Crippen molar-refractivity contribution < 1.29 is 33.0 Å². The van der Waals surface area contributed by atoms with Crippen LogP contribution in [0.25, 0.3) is 17.4 Å². The Morgan fingerprint density at radius 2 is 1.87 bits per heavy atom. The first kappa shape index (κ1) is 32.5. The molecule has 0 radical (unpaired) electrons. The van der Waals surface area contributed by atoms with Crippen LogP contribution in [0, 0.1) is 0 Å². The molecule has 1 aliphatic heterocycles. The number of esters is 2. The first-order valence-corrected chi connectivity index (χ1v) is 15.9. The number of allylic oxidation sites excluding steroid dienone is 1. The van der Waals surface area contributed by atoms with Gasteiger partial charge in [0.05, 0.1) is 47.8 Å². The van der Waals surface area contributed by atoms with Crippen molar-refractivity contribution in [3.8, 4) is 22.8 Å². The maximum absolute atomic E-state index is 14.1. The summed E-state index contributed by atoms with van der Waals surface area (Å²) in [6.07, 6.45) is 2.15. The number of para-hydroxylation sites is 1. The van der Waals surface area contributed by atoms with Gasteiger partial charge in [0, 0.05) is 17.2 Å². The van der Waals surface area contributed by atoms with Gasteiger partial charge in [-0.25, -0.2) is 14.6 Å². The van der Waals surface area contributed by atoms with Crippen LogP contribution in [-0.4, -0.2) is 42.9 Å². The molecule has 0 amide bonds. The van der Waals surface area contributed by atoms with E-state index >= 15 is 0 Å². The van der Waals surface area contributed by atoms with Gasteiger partial charge in [0.25, 0.3) is 5.56 Å². The van der Waals surface area contributed by atoms with E-state index in [4.69, 9.17) is 23.4 Å². The average molecular weight is 645 g/mol. The highest BCUT2D eigenvalue weighted by Crippen LogP contribution is 2.41. The molecular formula is C35H36N2O8S. The predicted molar refractivity (Wildman–Crippen MR) is 174 cm³/mol. The summed E-state index contributed by atoms with van der Waals surface area (Å²) in [4.78, 5) is 45.0. The Bertz CT molecular complexity index is 1980. The zero-order valence-electron chi connectivity index (χ0n) is 26.6. The van der Waals surface area contributed by atoms with Crippen molar-refractivity contribution >= 4 is 29.4 Å². The summed E-state index contributed by atoms with van der Waals surface area (Å²) >= 11 is 1.19. The number of ether oxygens (including phenoxy) is 4. The molecule has 1 atom stereocenters. The number of rotatable bonds is 11. The van der Waals surface area contributed by atoms with Crippen molar-refractivity contribution in [1.29, 1.82) is 0 Å². The van der Waals surface area contributed by atoms with Gasteiger partial charge in [-0.05, 0) is 64.4 Å². The van der Waals surface area contributed by atoms with Gasteiger partial charge in [-0.2, -0.15) is 0 Å². The van der Waals surface area contributed by atoms with Gasteiger partial charge in [0.1, 0.15) is 17.6 Å². The Morgan fingerprint density at radius 1 is 1.09 bits per heavy atom. The van der Waals surface area contributed by atoms with Crippen LogP contribution in [0.2, 0.25) is 0 Å². The Labute approximate surface area is 270 Å². The molecular weight excluding hydrogens is 608 g/mol. The summed E-state index contributed by atoms with van der Waals surface area (Å²) in [6, 6.07) is 15.0. The number of thiazole rings is 1.